The summed E-state index contributed by atoms with van der Waals surface area (Å²) >= 11 is 0. The summed E-state index contributed by atoms with van der Waals surface area (Å²) in [6.45, 7) is 0.860. The lowest BCUT2D eigenvalue weighted by molar-refractivity contribution is -0.121. The van der Waals surface area contributed by atoms with Gasteiger partial charge < -0.3 is 19.5 Å². The maximum absolute atomic E-state index is 12.2. The fourth-order valence-electron chi connectivity index (χ4n) is 2.74. The molecule has 0 spiro atoms. The summed E-state index contributed by atoms with van der Waals surface area (Å²) in [6, 6.07) is 5.32. The van der Waals surface area contributed by atoms with Crippen molar-refractivity contribution in [3.05, 3.63) is 23.8 Å². The number of benzene rings is 1. The highest BCUT2D eigenvalue weighted by Gasteiger charge is 2.26. The van der Waals surface area contributed by atoms with Crippen LogP contribution in [0.5, 0.6) is 11.5 Å². The van der Waals surface area contributed by atoms with Crippen LogP contribution in [0.2, 0.25) is 0 Å². The molecule has 146 valence electrons. The van der Waals surface area contributed by atoms with Crippen molar-refractivity contribution in [2.24, 2.45) is 0 Å². The SMILES string of the molecule is COc1ccc(CNC(=O)CN(CC2CCCO2)S(C)(=O)=O)cc1OC. The molecule has 1 atom stereocenters. The molecule has 1 unspecified atom stereocenters. The van der Waals surface area contributed by atoms with E-state index in [0.717, 1.165) is 29.0 Å². The van der Waals surface area contributed by atoms with Crippen LogP contribution in [0.4, 0.5) is 0 Å². The predicted octanol–water partition coefficient (Wildman–Crippen LogP) is 0.761. The van der Waals surface area contributed by atoms with E-state index in [9.17, 15) is 13.2 Å². The number of nitrogens with zero attached hydrogens (tertiary/aromatic N) is 1. The van der Waals surface area contributed by atoms with Crippen molar-refractivity contribution in [2.75, 3.05) is 40.2 Å². The molecule has 0 radical (unpaired) electrons. The van der Waals surface area contributed by atoms with Gasteiger partial charge in [0.25, 0.3) is 0 Å². The second kappa shape index (κ2) is 9.20. The largest absolute Gasteiger partial charge is 0.493 e. The van der Waals surface area contributed by atoms with Gasteiger partial charge in [-0.1, -0.05) is 6.07 Å². The Hall–Kier alpha value is -1.84. The second-order valence-electron chi connectivity index (χ2n) is 6.16. The number of sulfonamides is 1. The Balaban J connectivity index is 1.93. The first-order valence-electron chi connectivity index (χ1n) is 8.38. The lowest BCUT2D eigenvalue weighted by atomic mass is 10.2. The molecule has 0 aliphatic carbocycles. The minimum Gasteiger partial charge on any atom is -0.493 e. The van der Waals surface area contributed by atoms with Gasteiger partial charge in [0.05, 0.1) is 33.1 Å². The number of amides is 1. The maximum Gasteiger partial charge on any atom is 0.235 e. The highest BCUT2D eigenvalue weighted by atomic mass is 32.2. The van der Waals surface area contributed by atoms with Gasteiger partial charge in [-0.05, 0) is 30.5 Å². The zero-order chi connectivity index (χ0) is 19.2. The first kappa shape index (κ1) is 20.5. The van der Waals surface area contributed by atoms with Crippen molar-refractivity contribution in [2.45, 2.75) is 25.5 Å². The monoisotopic (exact) mass is 386 g/mol. The smallest absolute Gasteiger partial charge is 0.235 e. The summed E-state index contributed by atoms with van der Waals surface area (Å²) in [5.41, 5.74) is 0.820. The third-order valence-corrected chi connectivity index (χ3v) is 5.37. The van der Waals surface area contributed by atoms with Gasteiger partial charge >= 0.3 is 0 Å². The third kappa shape index (κ3) is 5.86. The van der Waals surface area contributed by atoms with Gasteiger partial charge in [-0.3, -0.25) is 4.79 Å². The molecule has 1 amide bonds. The van der Waals surface area contributed by atoms with Crippen LogP contribution in [0.25, 0.3) is 0 Å². The minimum atomic E-state index is -3.49. The maximum atomic E-state index is 12.2. The van der Waals surface area contributed by atoms with Crippen LogP contribution in [-0.4, -0.2) is 64.9 Å². The Bertz CT molecular complexity index is 716. The Morgan fingerprint density at radius 2 is 2.04 bits per heavy atom. The van der Waals surface area contributed by atoms with Crippen LogP contribution in [-0.2, 0) is 26.1 Å². The van der Waals surface area contributed by atoms with Gasteiger partial charge in [-0.25, -0.2) is 8.42 Å². The molecule has 26 heavy (non-hydrogen) atoms. The Morgan fingerprint density at radius 3 is 2.62 bits per heavy atom. The van der Waals surface area contributed by atoms with Gasteiger partial charge in [0.2, 0.25) is 15.9 Å². The molecule has 1 aliphatic heterocycles. The van der Waals surface area contributed by atoms with Crippen LogP contribution in [0, 0.1) is 0 Å². The van der Waals surface area contributed by atoms with Crippen molar-refractivity contribution in [3.8, 4) is 11.5 Å². The predicted molar refractivity (Wildman–Crippen MR) is 96.8 cm³/mol. The molecule has 1 N–H and O–H groups in total. The summed E-state index contributed by atoms with van der Waals surface area (Å²) < 4.78 is 40.9. The molecule has 0 bridgehead atoms. The first-order valence-corrected chi connectivity index (χ1v) is 10.2. The summed E-state index contributed by atoms with van der Waals surface area (Å²) in [7, 11) is -0.408. The van der Waals surface area contributed by atoms with Gasteiger partial charge in [-0.15, -0.1) is 0 Å². The topological polar surface area (TPSA) is 94.2 Å². The van der Waals surface area contributed by atoms with E-state index in [-0.39, 0.29) is 31.6 Å². The first-order chi connectivity index (χ1) is 12.3. The zero-order valence-corrected chi connectivity index (χ0v) is 16.2. The number of carbonyl (C=O) groups excluding carboxylic acids is 1. The molecule has 1 fully saturated rings. The van der Waals surface area contributed by atoms with Crippen molar-refractivity contribution in [1.29, 1.82) is 0 Å². The number of rotatable bonds is 9. The van der Waals surface area contributed by atoms with Crippen LogP contribution in [0.15, 0.2) is 18.2 Å². The molecule has 1 aromatic rings. The van der Waals surface area contributed by atoms with E-state index in [1.165, 1.54) is 7.11 Å². The van der Waals surface area contributed by atoms with E-state index in [1.54, 1.807) is 19.2 Å². The molecule has 0 aromatic heterocycles. The molecule has 1 saturated heterocycles. The van der Waals surface area contributed by atoms with E-state index in [4.69, 9.17) is 14.2 Å². The molecule has 2 rings (SSSR count). The van der Waals surface area contributed by atoms with Gasteiger partial charge in [0, 0.05) is 19.7 Å². The Labute approximate surface area is 154 Å². The fraction of sp³-hybridized carbons (Fsp3) is 0.588. The Morgan fingerprint density at radius 1 is 1.31 bits per heavy atom. The summed E-state index contributed by atoms with van der Waals surface area (Å²) in [5, 5.41) is 2.73. The van der Waals surface area contributed by atoms with Crippen molar-refractivity contribution in [3.63, 3.8) is 0 Å². The molecule has 8 nitrogen and oxygen atoms in total. The van der Waals surface area contributed by atoms with Crippen LogP contribution < -0.4 is 14.8 Å². The van der Waals surface area contributed by atoms with Gasteiger partial charge in [0.1, 0.15) is 0 Å². The minimum absolute atomic E-state index is 0.150. The highest BCUT2D eigenvalue weighted by molar-refractivity contribution is 7.88. The number of carbonyl (C=O) groups is 1. The number of hydrogen-bond acceptors (Lipinski definition) is 6. The normalized spacial score (nSPS) is 17.3. The molecule has 0 saturated carbocycles. The van der Waals surface area contributed by atoms with Gasteiger partial charge in [-0.2, -0.15) is 4.31 Å². The lowest BCUT2D eigenvalue weighted by Gasteiger charge is -2.22. The van der Waals surface area contributed by atoms with Crippen LogP contribution in [0.3, 0.4) is 0 Å². The summed E-state index contributed by atoms with van der Waals surface area (Å²) in [4.78, 5) is 12.2. The average Bonchev–Trinajstić information content (AvgIpc) is 3.11. The van der Waals surface area contributed by atoms with Crippen molar-refractivity contribution in [1.82, 2.24) is 9.62 Å². The number of methoxy groups -OCH3 is 2. The van der Waals surface area contributed by atoms with E-state index >= 15 is 0 Å². The highest BCUT2D eigenvalue weighted by Crippen LogP contribution is 2.27. The molecular formula is C17H26N2O6S. The van der Waals surface area contributed by atoms with Crippen molar-refractivity contribution < 1.29 is 27.4 Å². The summed E-state index contributed by atoms with van der Waals surface area (Å²) in [5.74, 6) is 0.793. The fourth-order valence-corrected chi connectivity index (χ4v) is 3.53. The van der Waals surface area contributed by atoms with Crippen LogP contribution in [0.1, 0.15) is 18.4 Å². The van der Waals surface area contributed by atoms with Gasteiger partial charge in [0.15, 0.2) is 11.5 Å². The molecular weight excluding hydrogens is 360 g/mol. The lowest BCUT2D eigenvalue weighted by Crippen LogP contribution is -2.43. The zero-order valence-electron chi connectivity index (χ0n) is 15.4. The van der Waals surface area contributed by atoms with E-state index in [1.807, 2.05) is 6.07 Å². The molecule has 1 aliphatic rings. The number of nitrogens with one attached hydrogen (secondary N) is 1. The number of ether oxygens (including phenoxy) is 3. The number of hydrogen-bond donors (Lipinski definition) is 1. The Kier molecular flexibility index (Phi) is 7.24. The van der Waals surface area contributed by atoms with E-state index in [0.29, 0.717) is 18.1 Å². The second-order valence-corrected chi connectivity index (χ2v) is 8.14. The van der Waals surface area contributed by atoms with E-state index in [2.05, 4.69) is 5.32 Å². The molecule has 9 heteroatoms. The molecule has 1 aromatic carbocycles. The molecule has 1 heterocycles. The quantitative estimate of drug-likeness (QED) is 0.673. The van der Waals surface area contributed by atoms with Crippen molar-refractivity contribution >= 4 is 15.9 Å². The van der Waals surface area contributed by atoms with E-state index < -0.39 is 10.0 Å². The average molecular weight is 386 g/mol. The standard InChI is InChI=1S/C17H26N2O6S/c1-23-15-7-6-13(9-16(15)24-2)10-18-17(20)12-19(26(3,21)22)11-14-5-4-8-25-14/h6-7,9,14H,4-5,8,10-12H2,1-3H3,(H,18,20). The van der Waals surface area contributed by atoms with Crippen LogP contribution >= 0.6 is 0 Å². The summed E-state index contributed by atoms with van der Waals surface area (Å²) in [6.07, 6.45) is 2.67. The third-order valence-electron chi connectivity index (χ3n) is 4.16.